The van der Waals surface area contributed by atoms with Crippen molar-refractivity contribution in [3.63, 3.8) is 0 Å². The van der Waals surface area contributed by atoms with Gasteiger partial charge in [-0.15, -0.1) is 25.6 Å². The first-order valence-electron chi connectivity index (χ1n) is 6.81. The zero-order valence-corrected chi connectivity index (χ0v) is 15.5. The lowest BCUT2D eigenvalue weighted by Gasteiger charge is -2.28. The quantitative estimate of drug-likeness (QED) is 0.777. The lowest BCUT2D eigenvalue weighted by atomic mass is 9.93. The third kappa shape index (κ3) is 8.18. The monoisotopic (exact) mass is 390 g/mol. The van der Waals surface area contributed by atoms with E-state index in [2.05, 4.69) is 9.46 Å². The summed E-state index contributed by atoms with van der Waals surface area (Å²) in [5.74, 6) is -0.468. The molecule has 0 amide bonds. The number of alkyl halides is 3. The number of nitrogens with one attached hydrogen (secondary N) is 1. The van der Waals surface area contributed by atoms with Crippen LogP contribution in [0.15, 0.2) is 29.2 Å². The highest BCUT2D eigenvalue weighted by atomic mass is 35.5. The zero-order valence-electron chi connectivity index (χ0n) is 13.8. The minimum atomic E-state index is -4.81. The van der Waals surface area contributed by atoms with Gasteiger partial charge in [-0.2, -0.15) is 0 Å². The Balaban J connectivity index is 0.00000529. The van der Waals surface area contributed by atoms with Gasteiger partial charge in [0, 0.05) is 13.1 Å². The molecule has 0 saturated carbocycles. The van der Waals surface area contributed by atoms with Crippen LogP contribution in [-0.4, -0.2) is 46.9 Å². The molecule has 0 radical (unpaired) electrons. The van der Waals surface area contributed by atoms with E-state index >= 15 is 0 Å². The molecular weight excluding hydrogens is 369 g/mol. The Kier molecular flexibility index (Phi) is 8.01. The molecule has 0 aliphatic heterocycles. The molecule has 0 saturated heterocycles. The summed E-state index contributed by atoms with van der Waals surface area (Å²) in [7, 11) is -0.0259. The second-order valence-electron chi connectivity index (χ2n) is 6.25. The van der Waals surface area contributed by atoms with E-state index in [0.29, 0.717) is 6.54 Å². The summed E-state index contributed by atoms with van der Waals surface area (Å²) in [4.78, 5) is 1.82. The number of rotatable bonds is 7. The highest BCUT2D eigenvalue weighted by Gasteiger charge is 2.31. The third-order valence-electron chi connectivity index (χ3n) is 2.85. The molecule has 0 aliphatic rings. The van der Waals surface area contributed by atoms with Gasteiger partial charge in [0.15, 0.2) is 0 Å². The highest BCUT2D eigenvalue weighted by molar-refractivity contribution is 7.89. The van der Waals surface area contributed by atoms with Gasteiger partial charge in [0.1, 0.15) is 5.75 Å². The van der Waals surface area contributed by atoms with Gasteiger partial charge in [0.2, 0.25) is 10.0 Å². The summed E-state index contributed by atoms with van der Waals surface area (Å²) in [5.41, 5.74) is -0.296. The first-order chi connectivity index (χ1) is 10.3. The fraction of sp³-hybridized carbons (Fsp3) is 0.571. The van der Waals surface area contributed by atoms with Gasteiger partial charge in [-0.25, -0.2) is 13.1 Å². The Morgan fingerprint density at radius 3 is 2.04 bits per heavy atom. The van der Waals surface area contributed by atoms with Crippen molar-refractivity contribution in [1.29, 1.82) is 0 Å². The van der Waals surface area contributed by atoms with E-state index in [0.717, 1.165) is 24.3 Å². The molecule has 0 spiro atoms. The maximum atomic E-state index is 12.2. The van der Waals surface area contributed by atoms with Crippen molar-refractivity contribution in [2.24, 2.45) is 5.41 Å². The van der Waals surface area contributed by atoms with Crippen LogP contribution in [0.25, 0.3) is 0 Å². The first kappa shape index (κ1) is 23.0. The summed E-state index contributed by atoms with van der Waals surface area (Å²) in [5, 5.41) is 0. The summed E-state index contributed by atoms with van der Waals surface area (Å²) < 4.78 is 66.8. The predicted octanol–water partition coefficient (Wildman–Crippen LogP) is 2.87. The van der Waals surface area contributed by atoms with Crippen LogP contribution >= 0.6 is 12.4 Å². The molecule has 5 nitrogen and oxygen atoms in total. The van der Waals surface area contributed by atoms with Crippen LogP contribution in [0.3, 0.4) is 0 Å². The second kappa shape index (κ2) is 8.37. The average molecular weight is 391 g/mol. The van der Waals surface area contributed by atoms with Gasteiger partial charge in [0.05, 0.1) is 4.90 Å². The van der Waals surface area contributed by atoms with Crippen LogP contribution in [0.4, 0.5) is 13.2 Å². The molecule has 10 heteroatoms. The third-order valence-corrected chi connectivity index (χ3v) is 4.27. The maximum absolute atomic E-state index is 12.2. The number of sulfonamides is 1. The SMILES string of the molecule is CN(C)CC(C)(C)CNS(=O)(=O)c1ccc(OC(F)(F)F)cc1.Cl. The van der Waals surface area contributed by atoms with E-state index in [1.807, 2.05) is 32.8 Å². The first-order valence-corrected chi connectivity index (χ1v) is 8.29. The van der Waals surface area contributed by atoms with Gasteiger partial charge < -0.3 is 9.64 Å². The van der Waals surface area contributed by atoms with Gasteiger partial charge in [-0.3, -0.25) is 0 Å². The van der Waals surface area contributed by atoms with Gasteiger partial charge >= 0.3 is 6.36 Å². The number of benzene rings is 1. The molecule has 1 rings (SSSR count). The molecule has 24 heavy (non-hydrogen) atoms. The molecule has 1 aromatic rings. The highest BCUT2D eigenvalue weighted by Crippen LogP contribution is 2.24. The lowest BCUT2D eigenvalue weighted by Crippen LogP contribution is -2.39. The van der Waals surface area contributed by atoms with Crippen LogP contribution in [-0.2, 0) is 10.0 Å². The van der Waals surface area contributed by atoms with Crippen molar-refractivity contribution in [3.8, 4) is 5.75 Å². The van der Waals surface area contributed by atoms with E-state index in [1.54, 1.807) is 0 Å². The van der Waals surface area contributed by atoms with Crippen molar-refractivity contribution < 1.29 is 26.3 Å². The molecule has 0 atom stereocenters. The van der Waals surface area contributed by atoms with E-state index in [9.17, 15) is 21.6 Å². The molecule has 0 fully saturated rings. The van der Waals surface area contributed by atoms with E-state index in [-0.39, 0.29) is 29.3 Å². The number of ether oxygens (including phenoxy) is 1. The molecular formula is C14H22ClF3N2O3S. The standard InChI is InChI=1S/C14H21F3N2O3S.ClH/c1-13(2,10-19(3)4)9-18-23(20,21)12-7-5-11(6-8-12)22-14(15,16)17;/h5-8,18H,9-10H2,1-4H3;1H. The summed E-state index contributed by atoms with van der Waals surface area (Å²) in [6, 6.07) is 4.07. The van der Waals surface area contributed by atoms with Crippen LogP contribution in [0.2, 0.25) is 0 Å². The smallest absolute Gasteiger partial charge is 0.406 e. The van der Waals surface area contributed by atoms with Crippen molar-refractivity contribution in [3.05, 3.63) is 24.3 Å². The number of nitrogens with zero attached hydrogens (tertiary/aromatic N) is 1. The molecule has 0 aromatic heterocycles. The van der Waals surface area contributed by atoms with Crippen LogP contribution in [0.5, 0.6) is 5.75 Å². The molecule has 1 aromatic carbocycles. The molecule has 0 bridgehead atoms. The average Bonchev–Trinajstić information content (AvgIpc) is 2.34. The van der Waals surface area contributed by atoms with Crippen molar-refractivity contribution in [2.75, 3.05) is 27.2 Å². The fourth-order valence-corrected chi connectivity index (χ4v) is 3.35. The minimum absolute atomic E-state index is 0. The Hall–Kier alpha value is -1.03. The molecule has 0 heterocycles. The summed E-state index contributed by atoms with van der Waals surface area (Å²) in [6.45, 7) is 4.70. The summed E-state index contributed by atoms with van der Waals surface area (Å²) in [6.07, 6.45) is -4.81. The van der Waals surface area contributed by atoms with Crippen molar-refractivity contribution >= 4 is 22.4 Å². The van der Waals surface area contributed by atoms with Gasteiger partial charge in [-0.1, -0.05) is 13.8 Å². The van der Waals surface area contributed by atoms with Crippen LogP contribution in [0.1, 0.15) is 13.8 Å². The van der Waals surface area contributed by atoms with Gasteiger partial charge in [0.25, 0.3) is 0 Å². The molecule has 0 aliphatic carbocycles. The van der Waals surface area contributed by atoms with Gasteiger partial charge in [-0.05, 0) is 43.8 Å². The zero-order chi connectivity index (χ0) is 17.9. The number of hydrogen-bond acceptors (Lipinski definition) is 4. The molecule has 140 valence electrons. The van der Waals surface area contributed by atoms with Crippen LogP contribution < -0.4 is 9.46 Å². The lowest BCUT2D eigenvalue weighted by molar-refractivity contribution is -0.274. The van der Waals surface area contributed by atoms with E-state index in [4.69, 9.17) is 0 Å². The van der Waals surface area contributed by atoms with E-state index < -0.39 is 22.1 Å². The number of halogens is 4. The fourth-order valence-electron chi connectivity index (χ4n) is 2.11. The predicted molar refractivity (Wildman–Crippen MR) is 87.9 cm³/mol. The van der Waals surface area contributed by atoms with Crippen molar-refractivity contribution in [2.45, 2.75) is 25.1 Å². The normalized spacial score (nSPS) is 12.8. The Morgan fingerprint density at radius 1 is 1.12 bits per heavy atom. The van der Waals surface area contributed by atoms with Crippen LogP contribution in [0, 0.1) is 5.41 Å². The minimum Gasteiger partial charge on any atom is -0.406 e. The second-order valence-corrected chi connectivity index (χ2v) is 8.01. The molecule has 1 N–H and O–H groups in total. The van der Waals surface area contributed by atoms with E-state index in [1.165, 1.54) is 0 Å². The Labute approximate surface area is 146 Å². The largest absolute Gasteiger partial charge is 0.573 e. The Bertz CT molecular complexity index is 617. The summed E-state index contributed by atoms with van der Waals surface area (Å²) >= 11 is 0. The Morgan fingerprint density at radius 2 is 1.62 bits per heavy atom. The topological polar surface area (TPSA) is 58.6 Å². The maximum Gasteiger partial charge on any atom is 0.573 e. The van der Waals surface area contributed by atoms with Crippen molar-refractivity contribution in [1.82, 2.24) is 9.62 Å². The molecule has 0 unspecified atom stereocenters. The number of hydrogen-bond donors (Lipinski definition) is 1.